The van der Waals surface area contributed by atoms with E-state index in [1.807, 2.05) is 42.7 Å². The summed E-state index contributed by atoms with van der Waals surface area (Å²) in [6, 6.07) is 7.49. The summed E-state index contributed by atoms with van der Waals surface area (Å²) in [5.74, 6) is 0.791. The lowest BCUT2D eigenvalue weighted by Gasteiger charge is -2.08. The molecular formula is C20H23N3O4S. The third-order valence-corrected chi connectivity index (χ3v) is 5.52. The van der Waals surface area contributed by atoms with Crippen LogP contribution < -0.4 is 4.74 Å². The third-order valence-electron chi connectivity index (χ3n) is 4.65. The Bertz CT molecular complexity index is 1020. The van der Waals surface area contributed by atoms with Crippen molar-refractivity contribution >= 4 is 34.5 Å². The number of ether oxygens (including phenoxy) is 2. The first-order valence-electron chi connectivity index (χ1n) is 8.86. The molecule has 0 aliphatic rings. The highest BCUT2D eigenvalue weighted by molar-refractivity contribution is 7.99. The molecule has 0 amide bonds. The zero-order valence-electron chi connectivity index (χ0n) is 16.4. The molecule has 3 aromatic rings. The zero-order chi connectivity index (χ0) is 20.3. The molecule has 28 heavy (non-hydrogen) atoms. The summed E-state index contributed by atoms with van der Waals surface area (Å²) in [7, 11) is 2.99. The van der Waals surface area contributed by atoms with Crippen LogP contribution in [0.4, 0.5) is 0 Å². The fraction of sp³-hybridized carbons (Fsp3) is 0.350. The van der Waals surface area contributed by atoms with Crippen molar-refractivity contribution < 1.29 is 19.1 Å². The Morgan fingerprint density at radius 3 is 2.71 bits per heavy atom. The van der Waals surface area contributed by atoms with E-state index in [0.717, 1.165) is 28.2 Å². The van der Waals surface area contributed by atoms with Crippen molar-refractivity contribution in [3.8, 4) is 5.75 Å². The lowest BCUT2D eigenvalue weighted by molar-refractivity contribution is -0.140. The molecule has 0 fully saturated rings. The number of aromatic amines is 1. The number of rotatable bonds is 8. The first kappa shape index (κ1) is 20.0. The van der Waals surface area contributed by atoms with Gasteiger partial charge in [-0.25, -0.2) is 4.98 Å². The second kappa shape index (κ2) is 8.52. The molecule has 3 rings (SSSR count). The highest BCUT2D eigenvalue weighted by atomic mass is 32.2. The number of nitrogens with one attached hydrogen (secondary N) is 1. The summed E-state index contributed by atoms with van der Waals surface area (Å²) in [5, 5.41) is 0.691. The summed E-state index contributed by atoms with van der Waals surface area (Å²) in [6.45, 7) is 4.33. The predicted molar refractivity (Wildman–Crippen MR) is 108 cm³/mol. The summed E-state index contributed by atoms with van der Waals surface area (Å²) >= 11 is 1.37. The van der Waals surface area contributed by atoms with Crippen LogP contribution in [-0.2, 0) is 16.1 Å². The molecule has 0 spiro atoms. The van der Waals surface area contributed by atoms with Crippen molar-refractivity contribution in [2.75, 3.05) is 20.0 Å². The SMILES string of the molecule is COC(=O)CCn1c(C)cc(C(=O)CSc2nc3ccc(OC)cc3[nH]2)c1C. The van der Waals surface area contributed by atoms with Gasteiger partial charge in [0.05, 0.1) is 37.4 Å². The van der Waals surface area contributed by atoms with E-state index in [1.54, 1.807) is 7.11 Å². The second-order valence-electron chi connectivity index (χ2n) is 6.40. The van der Waals surface area contributed by atoms with E-state index in [-0.39, 0.29) is 23.9 Å². The van der Waals surface area contributed by atoms with E-state index in [4.69, 9.17) is 9.47 Å². The number of hydrogen-bond acceptors (Lipinski definition) is 6. The number of H-pyrrole nitrogens is 1. The predicted octanol–water partition coefficient (Wildman–Crippen LogP) is 3.53. The number of ketones is 1. The summed E-state index contributed by atoms with van der Waals surface area (Å²) in [5.41, 5.74) is 4.19. The van der Waals surface area contributed by atoms with Gasteiger partial charge < -0.3 is 19.0 Å². The fourth-order valence-electron chi connectivity index (χ4n) is 3.10. The number of fused-ring (bicyclic) bond motifs is 1. The number of aryl methyl sites for hydroxylation is 1. The number of benzene rings is 1. The number of carbonyl (C=O) groups excluding carboxylic acids is 2. The second-order valence-corrected chi connectivity index (χ2v) is 7.36. The van der Waals surface area contributed by atoms with Gasteiger partial charge in [-0.1, -0.05) is 11.8 Å². The van der Waals surface area contributed by atoms with Crippen LogP contribution in [0, 0.1) is 13.8 Å². The number of hydrogen-bond donors (Lipinski definition) is 1. The van der Waals surface area contributed by atoms with Gasteiger partial charge in [0.25, 0.3) is 0 Å². The van der Waals surface area contributed by atoms with Gasteiger partial charge in [-0.05, 0) is 32.0 Å². The fourth-order valence-corrected chi connectivity index (χ4v) is 3.87. The van der Waals surface area contributed by atoms with Crippen LogP contribution in [0.2, 0.25) is 0 Å². The standard InChI is InChI=1S/C20H23N3O4S/c1-12-9-15(13(2)23(12)8-7-19(25)27-4)18(24)11-28-20-21-16-6-5-14(26-3)10-17(16)22-20/h5-6,9-10H,7-8,11H2,1-4H3,(H,21,22). The topological polar surface area (TPSA) is 86.2 Å². The molecule has 7 nitrogen and oxygen atoms in total. The van der Waals surface area contributed by atoms with E-state index < -0.39 is 0 Å². The highest BCUT2D eigenvalue weighted by Crippen LogP contribution is 2.25. The van der Waals surface area contributed by atoms with Crippen LogP contribution in [0.25, 0.3) is 11.0 Å². The average molecular weight is 401 g/mol. The van der Waals surface area contributed by atoms with Crippen LogP contribution in [0.3, 0.4) is 0 Å². The number of carbonyl (C=O) groups is 2. The number of methoxy groups -OCH3 is 2. The first-order chi connectivity index (χ1) is 13.4. The molecule has 0 bridgehead atoms. The van der Waals surface area contributed by atoms with Gasteiger partial charge >= 0.3 is 5.97 Å². The third kappa shape index (κ3) is 4.22. The quantitative estimate of drug-likeness (QED) is 0.353. The summed E-state index contributed by atoms with van der Waals surface area (Å²) in [4.78, 5) is 31.8. The molecule has 2 heterocycles. The molecule has 0 atom stereocenters. The minimum atomic E-state index is -0.266. The van der Waals surface area contributed by atoms with Gasteiger partial charge in [0, 0.05) is 29.6 Å². The lowest BCUT2D eigenvalue weighted by atomic mass is 10.2. The van der Waals surface area contributed by atoms with Crippen LogP contribution in [0.15, 0.2) is 29.4 Å². The maximum absolute atomic E-state index is 12.7. The van der Waals surface area contributed by atoms with Crippen molar-refractivity contribution in [2.45, 2.75) is 32.0 Å². The highest BCUT2D eigenvalue weighted by Gasteiger charge is 2.17. The normalized spacial score (nSPS) is 11.0. The van der Waals surface area contributed by atoms with Crippen molar-refractivity contribution in [2.24, 2.45) is 0 Å². The minimum Gasteiger partial charge on any atom is -0.497 e. The molecule has 0 radical (unpaired) electrons. The Hall–Kier alpha value is -2.74. The number of thioether (sulfide) groups is 1. The number of Topliss-reactive ketones (excluding diaryl/α,β-unsaturated/α-hetero) is 1. The van der Waals surface area contributed by atoms with Crippen LogP contribution in [-0.4, -0.2) is 46.3 Å². The zero-order valence-corrected chi connectivity index (χ0v) is 17.2. The molecule has 1 N–H and O–H groups in total. The van der Waals surface area contributed by atoms with E-state index in [0.29, 0.717) is 17.3 Å². The van der Waals surface area contributed by atoms with Crippen molar-refractivity contribution in [3.05, 3.63) is 41.2 Å². The van der Waals surface area contributed by atoms with Crippen LogP contribution in [0.5, 0.6) is 5.75 Å². The summed E-state index contributed by atoms with van der Waals surface area (Å²) in [6.07, 6.45) is 0.275. The van der Waals surface area contributed by atoms with Gasteiger partial charge in [-0.15, -0.1) is 0 Å². The molecule has 148 valence electrons. The molecule has 1 aromatic carbocycles. The number of esters is 1. The van der Waals surface area contributed by atoms with Crippen molar-refractivity contribution in [3.63, 3.8) is 0 Å². The Balaban J connectivity index is 1.69. The minimum absolute atomic E-state index is 0.0282. The van der Waals surface area contributed by atoms with E-state index in [9.17, 15) is 9.59 Å². The molecule has 2 aromatic heterocycles. The van der Waals surface area contributed by atoms with Crippen molar-refractivity contribution in [1.29, 1.82) is 0 Å². The van der Waals surface area contributed by atoms with Gasteiger partial charge in [0.2, 0.25) is 0 Å². The van der Waals surface area contributed by atoms with Gasteiger partial charge in [0.15, 0.2) is 10.9 Å². The smallest absolute Gasteiger partial charge is 0.307 e. The molecule has 0 saturated carbocycles. The number of nitrogens with zero attached hydrogens (tertiary/aromatic N) is 2. The van der Waals surface area contributed by atoms with E-state index in [1.165, 1.54) is 18.9 Å². The van der Waals surface area contributed by atoms with Crippen molar-refractivity contribution in [1.82, 2.24) is 14.5 Å². The van der Waals surface area contributed by atoms with Gasteiger partial charge in [-0.3, -0.25) is 9.59 Å². The van der Waals surface area contributed by atoms with E-state index >= 15 is 0 Å². The molecule has 0 aliphatic heterocycles. The Morgan fingerprint density at radius 1 is 1.21 bits per heavy atom. The largest absolute Gasteiger partial charge is 0.497 e. The Kier molecular flexibility index (Phi) is 6.08. The van der Waals surface area contributed by atoms with Crippen LogP contribution >= 0.6 is 11.8 Å². The van der Waals surface area contributed by atoms with Crippen LogP contribution in [0.1, 0.15) is 28.2 Å². The maximum Gasteiger partial charge on any atom is 0.307 e. The summed E-state index contributed by atoms with van der Waals surface area (Å²) < 4.78 is 11.9. The Labute approximate surface area is 167 Å². The first-order valence-corrected chi connectivity index (χ1v) is 9.84. The molecule has 0 aliphatic carbocycles. The molecule has 0 saturated heterocycles. The lowest BCUT2D eigenvalue weighted by Crippen LogP contribution is -2.10. The van der Waals surface area contributed by atoms with E-state index in [2.05, 4.69) is 9.97 Å². The monoisotopic (exact) mass is 401 g/mol. The van der Waals surface area contributed by atoms with Gasteiger partial charge in [-0.2, -0.15) is 0 Å². The molecular weight excluding hydrogens is 378 g/mol. The molecule has 0 unspecified atom stereocenters. The molecule has 8 heteroatoms. The maximum atomic E-state index is 12.7. The Morgan fingerprint density at radius 2 is 2.00 bits per heavy atom. The number of imidazole rings is 1. The average Bonchev–Trinajstić information content (AvgIpc) is 3.23. The number of aromatic nitrogens is 3. The van der Waals surface area contributed by atoms with Gasteiger partial charge in [0.1, 0.15) is 5.75 Å².